The normalized spacial score (nSPS) is 11.8. The molecule has 0 saturated heterocycles. The van der Waals surface area contributed by atoms with Gasteiger partial charge in [0.1, 0.15) is 11.6 Å². The van der Waals surface area contributed by atoms with Gasteiger partial charge in [0.15, 0.2) is 0 Å². The minimum Gasteiger partial charge on any atom is -0.478 e. The molecule has 50 heavy (non-hydrogen) atoms. The number of carboxylic acid groups (broad SMARTS) is 1. The van der Waals surface area contributed by atoms with Crippen LogP contribution in [-0.4, -0.2) is 30.6 Å². The highest BCUT2D eigenvalue weighted by Crippen LogP contribution is 2.38. The molecule has 0 amide bonds. The molecule has 0 aliphatic heterocycles. The number of rotatable bonds is 14. The van der Waals surface area contributed by atoms with Crippen molar-refractivity contribution < 1.29 is 27.1 Å². The summed E-state index contributed by atoms with van der Waals surface area (Å²) in [5.41, 5.74) is 5.63. The Kier molecular flexibility index (Phi) is 10.8. The van der Waals surface area contributed by atoms with E-state index in [1.54, 1.807) is 12.1 Å². The Morgan fingerprint density at radius 1 is 0.760 bits per heavy atom. The fraction of sp³-hybridized carbons (Fsp3) is 0.175. The predicted molar refractivity (Wildman–Crippen MR) is 193 cm³/mol. The van der Waals surface area contributed by atoms with Crippen molar-refractivity contribution in [3.8, 4) is 0 Å². The van der Waals surface area contributed by atoms with E-state index in [2.05, 4.69) is 33.6 Å². The van der Waals surface area contributed by atoms with E-state index in [1.165, 1.54) is 6.07 Å². The number of nitrogens with one attached hydrogen (secondary N) is 1. The van der Waals surface area contributed by atoms with Gasteiger partial charge in [-0.2, -0.15) is 0 Å². The van der Waals surface area contributed by atoms with Crippen LogP contribution in [0.3, 0.4) is 0 Å². The van der Waals surface area contributed by atoms with Gasteiger partial charge in [-0.1, -0.05) is 90.5 Å². The quantitative estimate of drug-likeness (QED) is 0.118. The predicted octanol–water partition coefficient (Wildman–Crippen LogP) is 8.75. The Morgan fingerprint density at radius 2 is 1.38 bits per heavy atom. The van der Waals surface area contributed by atoms with Crippen molar-refractivity contribution >= 4 is 38.5 Å². The summed E-state index contributed by atoms with van der Waals surface area (Å²) < 4.78 is 59.8. The summed E-state index contributed by atoms with van der Waals surface area (Å²) in [5.74, 6) is -3.64. The van der Waals surface area contributed by atoms with E-state index in [0.717, 1.165) is 57.4 Å². The average Bonchev–Trinajstić information content (AvgIpc) is 3.39. The molecule has 2 N–H and O–H groups in total. The van der Waals surface area contributed by atoms with Gasteiger partial charge in [-0.15, -0.1) is 0 Å². The first-order chi connectivity index (χ1) is 24.1. The summed E-state index contributed by atoms with van der Waals surface area (Å²) in [6, 6.07) is 35.7. The Bertz CT molecular complexity index is 2170. The number of aromatic nitrogens is 1. The average molecular weight is 713 g/mol. The monoisotopic (exact) mass is 712 g/mol. The number of nitrogens with zero attached hydrogens (tertiary/aromatic N) is 1. The first kappa shape index (κ1) is 35.0. The molecule has 6 aromatic rings. The lowest BCUT2D eigenvalue weighted by Crippen LogP contribution is -2.29. The third-order valence-electron chi connectivity index (χ3n) is 8.84. The van der Waals surface area contributed by atoms with E-state index in [-0.39, 0.29) is 24.6 Å². The maximum Gasteiger partial charge on any atom is 0.335 e. The second-order valence-electron chi connectivity index (χ2n) is 12.1. The molecule has 0 unspecified atom stereocenters. The Morgan fingerprint density at radius 3 is 1.98 bits per heavy atom. The number of hydrogen-bond acceptors (Lipinski definition) is 3. The standard InChI is InChI=1S/C40H35ClF2N2O4S/c41-31-21-22-37-33(25-31)32(14-7-9-27-17-19-30(20-18-27)40(46)47)38(23-24-44-50(48,49)26-34-35(42)15-8-16-36(34)43)45(37)39(28-10-3-1-4-11-28)29-12-5-2-6-13-29/h1-6,8,10-13,15-22,25,39,44H,7,9,14,23-24,26H2,(H,46,47). The second kappa shape index (κ2) is 15.4. The number of benzene rings is 5. The molecule has 5 aromatic carbocycles. The van der Waals surface area contributed by atoms with Crippen LogP contribution >= 0.6 is 11.6 Å². The van der Waals surface area contributed by atoms with Crippen molar-refractivity contribution in [2.75, 3.05) is 6.54 Å². The molecule has 0 fully saturated rings. The summed E-state index contributed by atoms with van der Waals surface area (Å²) >= 11 is 6.59. The van der Waals surface area contributed by atoms with E-state index in [1.807, 2.05) is 66.7 Å². The SMILES string of the molecule is O=C(O)c1ccc(CCCc2c(CCNS(=O)(=O)Cc3c(F)cccc3F)n(C(c3ccccc3)c3ccccc3)c3ccc(Cl)cc23)cc1. The first-order valence-electron chi connectivity index (χ1n) is 16.2. The van der Waals surface area contributed by atoms with Gasteiger partial charge in [0.05, 0.1) is 17.4 Å². The minimum absolute atomic E-state index is 0.0115. The summed E-state index contributed by atoms with van der Waals surface area (Å²) in [7, 11) is -4.10. The van der Waals surface area contributed by atoms with Crippen molar-refractivity contribution in [3.63, 3.8) is 0 Å². The summed E-state index contributed by atoms with van der Waals surface area (Å²) in [5, 5.41) is 10.8. The summed E-state index contributed by atoms with van der Waals surface area (Å²) in [6.45, 7) is -0.0115. The van der Waals surface area contributed by atoms with E-state index in [9.17, 15) is 27.1 Å². The molecule has 256 valence electrons. The molecule has 10 heteroatoms. The molecule has 0 spiro atoms. The van der Waals surface area contributed by atoms with Crippen LogP contribution in [0.4, 0.5) is 8.78 Å². The number of aryl methyl sites for hydroxylation is 2. The van der Waals surface area contributed by atoms with Crippen LogP contribution in [0.15, 0.2) is 121 Å². The Balaban J connectivity index is 1.41. The van der Waals surface area contributed by atoms with Crippen molar-refractivity contribution in [1.29, 1.82) is 0 Å². The number of carboxylic acids is 1. The number of sulfonamides is 1. The van der Waals surface area contributed by atoms with E-state index in [4.69, 9.17) is 11.6 Å². The van der Waals surface area contributed by atoms with Crippen molar-refractivity contribution in [1.82, 2.24) is 9.29 Å². The highest BCUT2D eigenvalue weighted by molar-refractivity contribution is 7.88. The molecule has 0 aliphatic carbocycles. The van der Waals surface area contributed by atoms with Crippen LogP contribution < -0.4 is 4.72 Å². The van der Waals surface area contributed by atoms with Gasteiger partial charge in [0.25, 0.3) is 0 Å². The molecule has 6 nitrogen and oxygen atoms in total. The molecule has 0 bridgehead atoms. The van der Waals surface area contributed by atoms with Crippen LogP contribution in [0.5, 0.6) is 0 Å². The molecular weight excluding hydrogens is 678 g/mol. The summed E-state index contributed by atoms with van der Waals surface area (Å²) in [4.78, 5) is 11.3. The number of halogens is 3. The lowest BCUT2D eigenvalue weighted by atomic mass is 9.97. The molecule has 1 aromatic heterocycles. The van der Waals surface area contributed by atoms with Crippen LogP contribution in [0.25, 0.3) is 10.9 Å². The van der Waals surface area contributed by atoms with Crippen molar-refractivity contribution in [2.45, 2.75) is 37.5 Å². The van der Waals surface area contributed by atoms with Crippen LogP contribution in [0.2, 0.25) is 5.02 Å². The fourth-order valence-electron chi connectivity index (χ4n) is 6.53. The van der Waals surface area contributed by atoms with Crippen molar-refractivity contribution in [2.24, 2.45) is 0 Å². The van der Waals surface area contributed by atoms with Gasteiger partial charge in [-0.3, -0.25) is 0 Å². The maximum absolute atomic E-state index is 14.4. The van der Waals surface area contributed by atoms with E-state index in [0.29, 0.717) is 17.9 Å². The highest BCUT2D eigenvalue weighted by atomic mass is 35.5. The van der Waals surface area contributed by atoms with Gasteiger partial charge in [-0.05, 0) is 84.0 Å². The van der Waals surface area contributed by atoms with Gasteiger partial charge < -0.3 is 9.67 Å². The maximum atomic E-state index is 14.4. The van der Waals surface area contributed by atoms with E-state index >= 15 is 0 Å². The molecule has 0 radical (unpaired) electrons. The van der Waals surface area contributed by atoms with Gasteiger partial charge in [0.2, 0.25) is 10.0 Å². The third-order valence-corrected chi connectivity index (χ3v) is 10.4. The second-order valence-corrected chi connectivity index (χ2v) is 14.4. The lowest BCUT2D eigenvalue weighted by Gasteiger charge is -2.25. The zero-order valence-electron chi connectivity index (χ0n) is 27.0. The molecule has 0 aliphatic rings. The zero-order valence-corrected chi connectivity index (χ0v) is 28.6. The zero-order chi connectivity index (χ0) is 35.3. The lowest BCUT2D eigenvalue weighted by molar-refractivity contribution is 0.0697. The molecular formula is C40H35ClF2N2O4S. The van der Waals surface area contributed by atoms with E-state index < -0.39 is 38.9 Å². The third kappa shape index (κ3) is 7.97. The molecule has 6 rings (SSSR count). The number of aromatic carboxylic acids is 1. The van der Waals surface area contributed by atoms with Gasteiger partial charge in [0, 0.05) is 40.1 Å². The van der Waals surface area contributed by atoms with Crippen molar-refractivity contribution in [3.05, 3.63) is 177 Å². The van der Waals surface area contributed by atoms with Gasteiger partial charge in [-0.25, -0.2) is 26.7 Å². The summed E-state index contributed by atoms with van der Waals surface area (Å²) in [6.07, 6.45) is 2.33. The Hall–Kier alpha value is -4.83. The molecule has 1 heterocycles. The minimum atomic E-state index is -4.10. The number of fused-ring (bicyclic) bond motifs is 1. The number of carbonyl (C=O) groups is 1. The topological polar surface area (TPSA) is 88.4 Å². The Labute approximate surface area is 295 Å². The number of hydrogen-bond donors (Lipinski definition) is 2. The molecule has 0 atom stereocenters. The largest absolute Gasteiger partial charge is 0.478 e. The molecule has 0 saturated carbocycles. The van der Waals surface area contributed by atoms with Crippen LogP contribution in [-0.2, 0) is 35.0 Å². The van der Waals surface area contributed by atoms with Crippen LogP contribution in [0, 0.1) is 11.6 Å². The smallest absolute Gasteiger partial charge is 0.335 e. The highest BCUT2D eigenvalue weighted by Gasteiger charge is 2.26. The van der Waals surface area contributed by atoms with Crippen LogP contribution in [0.1, 0.15) is 56.3 Å². The first-order valence-corrected chi connectivity index (χ1v) is 18.3. The van der Waals surface area contributed by atoms with Gasteiger partial charge >= 0.3 is 5.97 Å². The fourth-order valence-corrected chi connectivity index (χ4v) is 7.88.